The zero-order chi connectivity index (χ0) is 9.24. The van der Waals surface area contributed by atoms with Crippen molar-refractivity contribution in [2.24, 2.45) is 5.41 Å². The van der Waals surface area contributed by atoms with Crippen LogP contribution in [0.5, 0.6) is 0 Å². The first-order valence-electron chi connectivity index (χ1n) is 4.40. The fourth-order valence-electron chi connectivity index (χ4n) is 1.25. The van der Waals surface area contributed by atoms with Gasteiger partial charge in [-0.1, -0.05) is 13.8 Å². The molecule has 1 saturated heterocycles. The second-order valence-electron chi connectivity index (χ2n) is 3.53. The molecule has 0 aromatic heterocycles. The van der Waals surface area contributed by atoms with Gasteiger partial charge in [-0.25, -0.2) is 0 Å². The minimum atomic E-state index is -2.69. The fourth-order valence-corrected chi connectivity index (χ4v) is 2.34. The van der Waals surface area contributed by atoms with Crippen LogP contribution in [0.3, 0.4) is 0 Å². The average molecular weight is 192 g/mol. The van der Waals surface area contributed by atoms with E-state index in [9.17, 15) is 4.57 Å². The van der Waals surface area contributed by atoms with Crippen LogP contribution in [-0.2, 0) is 13.6 Å². The Morgan fingerprint density at radius 1 is 1.25 bits per heavy atom. The summed E-state index contributed by atoms with van der Waals surface area (Å²) >= 11 is 0. The number of rotatable bonds is 2. The Hall–Kier alpha value is 0.150. The highest BCUT2D eigenvalue weighted by molar-refractivity contribution is 7.53. The summed E-state index contributed by atoms with van der Waals surface area (Å²) in [6, 6.07) is 0. The molecule has 1 heterocycles. The standard InChI is InChI=1S/C8H17O3P/c1-4-8(5-2)6-10-12(3,9)11-7-8/h4-7H2,1-3H3. The largest absolute Gasteiger partial charge is 0.327 e. The molecule has 0 aliphatic carbocycles. The molecule has 0 spiro atoms. The molecule has 0 aromatic rings. The zero-order valence-corrected chi connectivity index (χ0v) is 8.89. The SMILES string of the molecule is CCC1(CC)COP(C)(=O)OC1. The second-order valence-corrected chi connectivity index (χ2v) is 5.58. The van der Waals surface area contributed by atoms with Crippen LogP contribution in [0.1, 0.15) is 26.7 Å². The summed E-state index contributed by atoms with van der Waals surface area (Å²) in [7, 11) is -2.69. The predicted octanol–water partition coefficient (Wildman–Crippen LogP) is 2.66. The predicted molar refractivity (Wildman–Crippen MR) is 48.4 cm³/mol. The van der Waals surface area contributed by atoms with E-state index in [2.05, 4.69) is 13.8 Å². The molecule has 0 bridgehead atoms. The van der Waals surface area contributed by atoms with Gasteiger partial charge in [-0.05, 0) is 12.8 Å². The van der Waals surface area contributed by atoms with Gasteiger partial charge in [0, 0.05) is 12.1 Å². The Kier molecular flexibility index (Phi) is 2.97. The van der Waals surface area contributed by atoms with E-state index in [4.69, 9.17) is 9.05 Å². The molecule has 0 amide bonds. The monoisotopic (exact) mass is 192 g/mol. The van der Waals surface area contributed by atoms with Crippen molar-refractivity contribution < 1.29 is 13.6 Å². The first-order valence-corrected chi connectivity index (χ1v) is 6.39. The molecule has 12 heavy (non-hydrogen) atoms. The maximum atomic E-state index is 11.3. The van der Waals surface area contributed by atoms with Gasteiger partial charge in [-0.3, -0.25) is 4.57 Å². The van der Waals surface area contributed by atoms with Crippen LogP contribution in [0, 0.1) is 5.41 Å². The van der Waals surface area contributed by atoms with Gasteiger partial charge in [-0.2, -0.15) is 0 Å². The maximum absolute atomic E-state index is 11.3. The highest BCUT2D eigenvalue weighted by Gasteiger charge is 2.37. The summed E-state index contributed by atoms with van der Waals surface area (Å²) in [5.74, 6) is 0. The van der Waals surface area contributed by atoms with Crippen molar-refractivity contribution in [2.45, 2.75) is 26.7 Å². The van der Waals surface area contributed by atoms with Crippen molar-refractivity contribution >= 4 is 7.60 Å². The Balaban J connectivity index is 2.59. The molecule has 0 aromatic carbocycles. The second kappa shape index (κ2) is 3.49. The lowest BCUT2D eigenvalue weighted by Crippen LogP contribution is -2.34. The van der Waals surface area contributed by atoms with E-state index in [1.165, 1.54) is 6.66 Å². The molecular formula is C8H17O3P. The third kappa shape index (κ3) is 2.09. The number of hydrogen-bond acceptors (Lipinski definition) is 3. The molecule has 1 fully saturated rings. The Bertz CT molecular complexity index is 184. The summed E-state index contributed by atoms with van der Waals surface area (Å²) in [5.41, 5.74) is 0.101. The van der Waals surface area contributed by atoms with Crippen LogP contribution in [0.15, 0.2) is 0 Å². The third-order valence-electron chi connectivity index (χ3n) is 2.71. The smallest absolute Gasteiger partial charge is 0.308 e. The quantitative estimate of drug-likeness (QED) is 0.631. The Morgan fingerprint density at radius 2 is 1.67 bits per heavy atom. The van der Waals surface area contributed by atoms with Crippen molar-refractivity contribution in [2.75, 3.05) is 19.9 Å². The van der Waals surface area contributed by atoms with Gasteiger partial charge < -0.3 is 9.05 Å². The van der Waals surface area contributed by atoms with Crippen LogP contribution in [0.25, 0.3) is 0 Å². The van der Waals surface area contributed by atoms with E-state index < -0.39 is 7.60 Å². The summed E-state index contributed by atoms with van der Waals surface area (Å²) in [6.07, 6.45) is 2.03. The molecule has 0 atom stereocenters. The van der Waals surface area contributed by atoms with Crippen molar-refractivity contribution in [3.63, 3.8) is 0 Å². The molecule has 72 valence electrons. The van der Waals surface area contributed by atoms with E-state index in [1.54, 1.807) is 0 Å². The van der Waals surface area contributed by atoms with Crippen LogP contribution in [0.4, 0.5) is 0 Å². The lowest BCUT2D eigenvalue weighted by molar-refractivity contribution is 0.0136. The van der Waals surface area contributed by atoms with Gasteiger partial charge in [0.05, 0.1) is 13.2 Å². The molecule has 1 rings (SSSR count). The molecular weight excluding hydrogens is 175 g/mol. The van der Waals surface area contributed by atoms with E-state index in [0.29, 0.717) is 13.2 Å². The molecule has 0 unspecified atom stereocenters. The van der Waals surface area contributed by atoms with Gasteiger partial charge in [0.2, 0.25) is 0 Å². The number of hydrogen-bond donors (Lipinski definition) is 0. The molecule has 1 aliphatic rings. The Labute approximate surface area is 74.0 Å². The molecule has 4 heteroatoms. The van der Waals surface area contributed by atoms with Gasteiger partial charge in [0.1, 0.15) is 0 Å². The van der Waals surface area contributed by atoms with Gasteiger partial charge in [0.15, 0.2) is 0 Å². The van der Waals surface area contributed by atoms with Gasteiger partial charge in [0.25, 0.3) is 0 Å². The lowest BCUT2D eigenvalue weighted by atomic mass is 9.84. The first-order chi connectivity index (χ1) is 5.54. The summed E-state index contributed by atoms with van der Waals surface area (Å²) in [5, 5.41) is 0. The highest BCUT2D eigenvalue weighted by atomic mass is 31.2. The Morgan fingerprint density at radius 3 is 2.00 bits per heavy atom. The van der Waals surface area contributed by atoms with Crippen LogP contribution < -0.4 is 0 Å². The molecule has 0 radical (unpaired) electrons. The van der Waals surface area contributed by atoms with Crippen molar-refractivity contribution in [3.05, 3.63) is 0 Å². The van der Waals surface area contributed by atoms with Crippen molar-refractivity contribution in [1.29, 1.82) is 0 Å². The van der Waals surface area contributed by atoms with Gasteiger partial charge in [-0.15, -0.1) is 0 Å². The topological polar surface area (TPSA) is 35.5 Å². The molecule has 0 N–H and O–H groups in total. The van der Waals surface area contributed by atoms with Crippen LogP contribution in [-0.4, -0.2) is 19.9 Å². The van der Waals surface area contributed by atoms with Gasteiger partial charge >= 0.3 is 7.60 Å². The van der Waals surface area contributed by atoms with E-state index in [0.717, 1.165) is 12.8 Å². The molecule has 1 aliphatic heterocycles. The molecule has 0 saturated carbocycles. The van der Waals surface area contributed by atoms with Crippen LogP contribution in [0.2, 0.25) is 0 Å². The fraction of sp³-hybridized carbons (Fsp3) is 1.00. The zero-order valence-electron chi connectivity index (χ0n) is 8.00. The van der Waals surface area contributed by atoms with E-state index in [-0.39, 0.29) is 5.41 Å². The summed E-state index contributed by atoms with van der Waals surface area (Å²) in [6.45, 7) is 6.91. The first kappa shape index (κ1) is 10.2. The van der Waals surface area contributed by atoms with Crippen molar-refractivity contribution in [1.82, 2.24) is 0 Å². The van der Waals surface area contributed by atoms with E-state index >= 15 is 0 Å². The summed E-state index contributed by atoms with van der Waals surface area (Å²) in [4.78, 5) is 0. The highest BCUT2D eigenvalue weighted by Crippen LogP contribution is 2.51. The minimum absolute atomic E-state index is 0.101. The van der Waals surface area contributed by atoms with E-state index in [1.807, 2.05) is 0 Å². The normalized spacial score (nSPS) is 26.9. The molecule has 3 nitrogen and oxygen atoms in total. The van der Waals surface area contributed by atoms with Crippen molar-refractivity contribution in [3.8, 4) is 0 Å². The lowest BCUT2D eigenvalue weighted by Gasteiger charge is -2.37. The summed E-state index contributed by atoms with van der Waals surface area (Å²) < 4.78 is 21.7. The third-order valence-corrected chi connectivity index (χ3v) is 3.91. The van der Waals surface area contributed by atoms with Crippen LogP contribution >= 0.6 is 7.60 Å². The minimum Gasteiger partial charge on any atom is -0.308 e. The average Bonchev–Trinajstić information content (AvgIpc) is 2.06. The maximum Gasteiger partial charge on any atom is 0.327 e.